The predicted octanol–water partition coefficient (Wildman–Crippen LogP) is 1.10. The van der Waals surface area contributed by atoms with Gasteiger partial charge >= 0.3 is 0 Å². The summed E-state index contributed by atoms with van der Waals surface area (Å²) in [5, 5.41) is 9.07. The second kappa shape index (κ2) is 8.37. The van der Waals surface area contributed by atoms with Crippen molar-refractivity contribution in [3.63, 3.8) is 0 Å². The van der Waals surface area contributed by atoms with E-state index in [1.54, 1.807) is 0 Å². The van der Waals surface area contributed by atoms with Crippen molar-refractivity contribution in [3.05, 3.63) is 11.9 Å². The van der Waals surface area contributed by atoms with Crippen LogP contribution in [0.4, 0.5) is 0 Å². The molecule has 0 amide bonds. The van der Waals surface area contributed by atoms with Gasteiger partial charge in [-0.2, -0.15) is 0 Å². The zero-order valence-electron chi connectivity index (χ0n) is 12.3. The number of allylic oxidation sites excluding steroid dienone is 1. The molecule has 3 rings (SSSR count). The highest BCUT2D eigenvalue weighted by atomic mass is 16.7. The van der Waals surface area contributed by atoms with E-state index in [1.807, 2.05) is 13.8 Å². The first-order chi connectivity index (χ1) is 9.36. The molecule has 0 aromatic carbocycles. The van der Waals surface area contributed by atoms with Crippen LogP contribution in [0.5, 0.6) is 0 Å². The molecule has 0 aromatic rings. The summed E-state index contributed by atoms with van der Waals surface area (Å²) in [6.45, 7) is 6.89. The number of ether oxygens (including phenoxy) is 2. The van der Waals surface area contributed by atoms with Gasteiger partial charge in [0.2, 0.25) is 0 Å². The van der Waals surface area contributed by atoms with Crippen LogP contribution < -0.4 is 11.0 Å². The number of hydrogen-bond acceptors (Lipinski definition) is 6. The van der Waals surface area contributed by atoms with Crippen LogP contribution in [0.3, 0.4) is 0 Å². The third-order valence-corrected chi connectivity index (χ3v) is 3.25. The van der Waals surface area contributed by atoms with Crippen LogP contribution in [-0.2, 0) is 9.47 Å². The fourth-order valence-corrected chi connectivity index (χ4v) is 2.31. The Morgan fingerprint density at radius 3 is 2.74 bits per heavy atom. The average molecular weight is 273 g/mol. The molecule has 2 bridgehead atoms. The molecular weight excluding hydrogens is 246 g/mol. The summed E-state index contributed by atoms with van der Waals surface area (Å²) in [7, 11) is 1.00. The lowest BCUT2D eigenvalue weighted by Crippen LogP contribution is -2.50. The van der Waals surface area contributed by atoms with Gasteiger partial charge in [-0.1, -0.05) is 20.8 Å². The molecule has 3 heterocycles. The minimum absolute atomic E-state index is 0.0643. The molecule has 0 spiro atoms. The molecule has 6 heteroatoms. The average Bonchev–Trinajstić information content (AvgIpc) is 3.11. The number of aliphatic hydroxyl groups is 1. The van der Waals surface area contributed by atoms with Crippen molar-refractivity contribution in [1.29, 1.82) is 0 Å². The topological polar surface area (TPSA) is 66.0 Å². The van der Waals surface area contributed by atoms with Crippen molar-refractivity contribution in [2.24, 2.45) is 0 Å². The Morgan fingerprint density at radius 1 is 1.37 bits per heavy atom. The van der Waals surface area contributed by atoms with Crippen molar-refractivity contribution in [2.45, 2.75) is 58.5 Å². The lowest BCUT2D eigenvalue weighted by molar-refractivity contribution is -0.132. The van der Waals surface area contributed by atoms with Crippen molar-refractivity contribution in [2.75, 3.05) is 13.7 Å². The monoisotopic (exact) mass is 273 g/mol. The molecule has 3 atom stereocenters. The second-order valence-electron chi connectivity index (χ2n) is 4.26. The van der Waals surface area contributed by atoms with Gasteiger partial charge in [0, 0.05) is 19.0 Å². The standard InChI is InChI=1S/C10H17N3O2.C2H6.CH4O/c1-2-7-5-13(12-11-7)9-4-3-8-6-14-10(9)15-8;2*1-2/h5,8-12H,2-4,6H2,1H3;1-2H3;2H,1H3. The highest BCUT2D eigenvalue weighted by Crippen LogP contribution is 2.30. The van der Waals surface area contributed by atoms with Crippen LogP contribution in [0.2, 0.25) is 0 Å². The Hall–Kier alpha value is -0.820. The van der Waals surface area contributed by atoms with Crippen molar-refractivity contribution in [1.82, 2.24) is 16.0 Å². The Morgan fingerprint density at radius 2 is 2.11 bits per heavy atom. The van der Waals surface area contributed by atoms with Gasteiger partial charge in [0.1, 0.15) is 0 Å². The summed E-state index contributed by atoms with van der Waals surface area (Å²) in [5.74, 6) is 0. The van der Waals surface area contributed by atoms with Crippen molar-refractivity contribution < 1.29 is 14.6 Å². The third kappa shape index (κ3) is 3.82. The molecule has 0 radical (unpaired) electrons. The molecule has 0 saturated carbocycles. The smallest absolute Gasteiger partial charge is 0.179 e. The molecule has 19 heavy (non-hydrogen) atoms. The van der Waals surface area contributed by atoms with Crippen LogP contribution >= 0.6 is 0 Å². The normalized spacial score (nSPS) is 31.5. The molecule has 2 fully saturated rings. The van der Waals surface area contributed by atoms with E-state index in [-0.39, 0.29) is 6.29 Å². The predicted molar refractivity (Wildman–Crippen MR) is 73.6 cm³/mol. The van der Waals surface area contributed by atoms with E-state index < -0.39 is 0 Å². The lowest BCUT2D eigenvalue weighted by atomic mass is 10.1. The number of nitrogens with one attached hydrogen (secondary N) is 2. The summed E-state index contributed by atoms with van der Waals surface area (Å²) in [6, 6.07) is 0.292. The van der Waals surface area contributed by atoms with Crippen LogP contribution in [0.15, 0.2) is 11.9 Å². The summed E-state index contributed by atoms with van der Waals surface area (Å²) in [6.07, 6.45) is 5.59. The van der Waals surface area contributed by atoms with Crippen LogP contribution in [0, 0.1) is 0 Å². The second-order valence-corrected chi connectivity index (χ2v) is 4.26. The SMILES string of the molecule is CC.CCC1=CN(C2CCC3COC2O3)NN1.CO. The van der Waals surface area contributed by atoms with Crippen molar-refractivity contribution in [3.8, 4) is 0 Å². The number of hydrogen-bond donors (Lipinski definition) is 3. The molecule has 2 saturated heterocycles. The molecule has 3 aliphatic heterocycles. The van der Waals surface area contributed by atoms with Gasteiger partial charge < -0.3 is 20.0 Å². The largest absolute Gasteiger partial charge is 0.400 e. The molecule has 112 valence electrons. The number of rotatable bonds is 2. The maximum absolute atomic E-state index is 7.00. The maximum Gasteiger partial charge on any atom is 0.179 e. The summed E-state index contributed by atoms with van der Waals surface area (Å²) >= 11 is 0. The van der Waals surface area contributed by atoms with E-state index >= 15 is 0 Å². The highest BCUT2D eigenvalue weighted by molar-refractivity contribution is 5.03. The summed E-state index contributed by atoms with van der Waals surface area (Å²) in [5.41, 5.74) is 7.48. The van der Waals surface area contributed by atoms with Gasteiger partial charge in [-0.3, -0.25) is 5.01 Å². The third-order valence-electron chi connectivity index (χ3n) is 3.25. The highest BCUT2D eigenvalue weighted by Gasteiger charge is 2.41. The molecule has 6 nitrogen and oxygen atoms in total. The first kappa shape index (κ1) is 16.2. The molecular formula is C13H27N3O3. The summed E-state index contributed by atoms with van der Waals surface area (Å²) in [4.78, 5) is 0. The number of hydrazine groups is 2. The van der Waals surface area contributed by atoms with E-state index in [0.717, 1.165) is 33.0 Å². The number of nitrogens with zero attached hydrogens (tertiary/aromatic N) is 1. The summed E-state index contributed by atoms with van der Waals surface area (Å²) < 4.78 is 11.3. The van der Waals surface area contributed by atoms with Gasteiger partial charge in [0.15, 0.2) is 6.29 Å². The maximum atomic E-state index is 7.00. The Bertz CT molecular complexity index is 286. The van der Waals surface area contributed by atoms with E-state index in [4.69, 9.17) is 14.6 Å². The van der Waals surface area contributed by atoms with Gasteiger partial charge in [0.05, 0.1) is 18.8 Å². The van der Waals surface area contributed by atoms with Gasteiger partial charge in [-0.25, -0.2) is 0 Å². The van der Waals surface area contributed by atoms with Gasteiger partial charge in [0.25, 0.3) is 0 Å². The van der Waals surface area contributed by atoms with E-state index in [2.05, 4.69) is 29.1 Å². The first-order valence-corrected chi connectivity index (χ1v) is 7.09. The van der Waals surface area contributed by atoms with Gasteiger partial charge in [-0.05, 0) is 19.3 Å². The fraction of sp³-hybridized carbons (Fsp3) is 0.846. The minimum atomic E-state index is -0.0643. The number of fused-ring (bicyclic) bond motifs is 2. The van der Waals surface area contributed by atoms with Gasteiger partial charge in [-0.15, -0.1) is 5.53 Å². The lowest BCUT2D eigenvalue weighted by Gasteiger charge is -2.33. The fourth-order valence-electron chi connectivity index (χ4n) is 2.31. The molecule has 0 aliphatic carbocycles. The Labute approximate surface area is 115 Å². The van der Waals surface area contributed by atoms with E-state index in [1.165, 1.54) is 5.70 Å². The molecule has 0 aromatic heterocycles. The molecule has 3 unspecified atom stereocenters. The van der Waals surface area contributed by atoms with Crippen LogP contribution in [0.25, 0.3) is 0 Å². The van der Waals surface area contributed by atoms with Crippen molar-refractivity contribution >= 4 is 0 Å². The molecule has 3 N–H and O–H groups in total. The zero-order valence-corrected chi connectivity index (χ0v) is 12.3. The zero-order chi connectivity index (χ0) is 14.3. The molecule has 3 aliphatic rings. The number of aliphatic hydroxyl groups excluding tert-OH is 1. The first-order valence-electron chi connectivity index (χ1n) is 7.09. The van der Waals surface area contributed by atoms with E-state index in [0.29, 0.717) is 12.1 Å². The quantitative estimate of drug-likeness (QED) is 0.700. The van der Waals surface area contributed by atoms with Crippen LogP contribution in [0.1, 0.15) is 40.0 Å². The Balaban J connectivity index is 0.000000415. The minimum Gasteiger partial charge on any atom is -0.400 e. The van der Waals surface area contributed by atoms with Crippen LogP contribution in [-0.4, -0.2) is 42.3 Å². The van der Waals surface area contributed by atoms with E-state index in [9.17, 15) is 0 Å². The Kier molecular flexibility index (Phi) is 7.15.